The lowest BCUT2D eigenvalue weighted by Crippen LogP contribution is -2.18. The minimum Gasteiger partial charge on any atom is -0.477 e. The minimum absolute atomic E-state index is 0.161. The molecular weight excluding hydrogens is 226 g/mol. The summed E-state index contributed by atoms with van der Waals surface area (Å²) in [6.07, 6.45) is 3.77. The highest BCUT2D eigenvalue weighted by molar-refractivity contribution is 6.30. The molecule has 1 aromatic rings. The molecule has 1 N–H and O–H groups in total. The predicted molar refractivity (Wildman–Crippen MR) is 65.2 cm³/mol. The molecule has 0 fully saturated rings. The van der Waals surface area contributed by atoms with Crippen LogP contribution in [0.3, 0.4) is 0 Å². The molecule has 1 heterocycles. The van der Waals surface area contributed by atoms with E-state index in [9.17, 15) is 4.79 Å². The van der Waals surface area contributed by atoms with Gasteiger partial charge < -0.3 is 9.67 Å². The molecule has 1 atom stereocenters. The third-order valence-electron chi connectivity index (χ3n) is 3.20. The smallest absolute Gasteiger partial charge is 0.352 e. The van der Waals surface area contributed by atoms with Crippen LogP contribution in [-0.4, -0.2) is 15.6 Å². The number of carbonyl (C=O) groups is 1. The lowest BCUT2D eigenvalue weighted by atomic mass is 9.95. The summed E-state index contributed by atoms with van der Waals surface area (Å²) in [6.45, 7) is 6.28. The first kappa shape index (κ1) is 13.1. The van der Waals surface area contributed by atoms with E-state index in [4.69, 9.17) is 16.7 Å². The number of aromatic carboxylic acids is 1. The van der Waals surface area contributed by atoms with Crippen LogP contribution in [0.4, 0.5) is 0 Å². The van der Waals surface area contributed by atoms with E-state index < -0.39 is 5.97 Å². The lowest BCUT2D eigenvalue weighted by molar-refractivity contribution is 0.0680. The van der Waals surface area contributed by atoms with Gasteiger partial charge in [0.1, 0.15) is 5.69 Å². The molecule has 1 aromatic heterocycles. The topological polar surface area (TPSA) is 42.2 Å². The van der Waals surface area contributed by atoms with Gasteiger partial charge in [-0.25, -0.2) is 4.79 Å². The number of hydrogen-bond donors (Lipinski definition) is 1. The van der Waals surface area contributed by atoms with Crippen LogP contribution in [0.5, 0.6) is 0 Å². The van der Waals surface area contributed by atoms with Crippen molar-refractivity contribution in [1.82, 2.24) is 4.57 Å². The maximum atomic E-state index is 11.1. The summed E-state index contributed by atoms with van der Waals surface area (Å²) >= 11 is 5.86. The first-order valence-corrected chi connectivity index (χ1v) is 5.99. The first-order valence-electron chi connectivity index (χ1n) is 5.61. The van der Waals surface area contributed by atoms with Crippen LogP contribution in [0.15, 0.2) is 12.3 Å². The van der Waals surface area contributed by atoms with Crippen LogP contribution in [0.2, 0.25) is 5.02 Å². The second kappa shape index (κ2) is 5.39. The van der Waals surface area contributed by atoms with Crippen molar-refractivity contribution in [1.29, 1.82) is 0 Å². The quantitative estimate of drug-likeness (QED) is 0.854. The summed E-state index contributed by atoms with van der Waals surface area (Å²) in [4.78, 5) is 11.1. The summed E-state index contributed by atoms with van der Waals surface area (Å²) in [5.41, 5.74) is 0.268. The fourth-order valence-corrected chi connectivity index (χ4v) is 2.36. The van der Waals surface area contributed by atoms with Crippen molar-refractivity contribution >= 4 is 17.6 Å². The molecule has 0 amide bonds. The van der Waals surface area contributed by atoms with Crippen molar-refractivity contribution in [2.24, 2.45) is 5.92 Å². The van der Waals surface area contributed by atoms with Crippen LogP contribution >= 0.6 is 11.6 Å². The van der Waals surface area contributed by atoms with Crippen LogP contribution in [0, 0.1) is 5.92 Å². The molecule has 16 heavy (non-hydrogen) atoms. The van der Waals surface area contributed by atoms with Crippen LogP contribution in [-0.2, 0) is 0 Å². The Morgan fingerprint density at radius 3 is 2.50 bits per heavy atom. The van der Waals surface area contributed by atoms with Gasteiger partial charge >= 0.3 is 5.97 Å². The Kier molecular flexibility index (Phi) is 4.42. The number of aromatic nitrogens is 1. The SMILES string of the molecule is CCC(CC)C(C)n1cc(Cl)cc1C(=O)O. The molecule has 0 spiro atoms. The van der Waals surface area contributed by atoms with Crippen LogP contribution in [0.1, 0.15) is 50.1 Å². The van der Waals surface area contributed by atoms with Gasteiger partial charge in [0.15, 0.2) is 0 Å². The molecule has 0 bridgehead atoms. The van der Waals surface area contributed by atoms with Crippen LogP contribution < -0.4 is 0 Å². The Balaban J connectivity index is 3.06. The summed E-state index contributed by atoms with van der Waals surface area (Å²) in [7, 11) is 0. The zero-order chi connectivity index (χ0) is 12.3. The summed E-state index contributed by atoms with van der Waals surface area (Å²) < 4.78 is 1.77. The van der Waals surface area contributed by atoms with Crippen LogP contribution in [0.25, 0.3) is 0 Å². The van der Waals surface area contributed by atoms with E-state index in [1.165, 1.54) is 6.07 Å². The zero-order valence-corrected chi connectivity index (χ0v) is 10.7. The Bertz CT molecular complexity index is 369. The highest BCUT2D eigenvalue weighted by Crippen LogP contribution is 2.28. The molecule has 0 aliphatic heterocycles. The van der Waals surface area contributed by atoms with Crippen molar-refractivity contribution < 1.29 is 9.90 Å². The molecule has 0 saturated heterocycles. The molecule has 1 rings (SSSR count). The Morgan fingerprint density at radius 1 is 1.50 bits per heavy atom. The number of rotatable bonds is 5. The second-order valence-corrected chi connectivity index (χ2v) is 4.51. The normalized spacial score (nSPS) is 13.1. The highest BCUT2D eigenvalue weighted by Gasteiger charge is 2.21. The summed E-state index contributed by atoms with van der Waals surface area (Å²) in [6, 6.07) is 1.66. The van der Waals surface area contributed by atoms with E-state index >= 15 is 0 Å². The second-order valence-electron chi connectivity index (χ2n) is 4.07. The van der Waals surface area contributed by atoms with Crippen molar-refractivity contribution in [2.75, 3.05) is 0 Å². The molecule has 0 saturated carbocycles. The number of nitrogens with zero attached hydrogens (tertiary/aromatic N) is 1. The standard InChI is InChI=1S/C12H18ClNO2/c1-4-9(5-2)8(3)14-7-10(13)6-11(14)12(15)16/h6-9H,4-5H2,1-3H3,(H,15,16). The fourth-order valence-electron chi connectivity index (χ4n) is 2.15. The van der Waals surface area contributed by atoms with E-state index in [1.807, 2.05) is 6.92 Å². The molecule has 0 aliphatic carbocycles. The maximum absolute atomic E-state index is 11.1. The van der Waals surface area contributed by atoms with Gasteiger partial charge in [0.2, 0.25) is 0 Å². The average molecular weight is 244 g/mol. The van der Waals surface area contributed by atoms with Gasteiger partial charge in [-0.3, -0.25) is 0 Å². The largest absolute Gasteiger partial charge is 0.477 e. The zero-order valence-electron chi connectivity index (χ0n) is 9.90. The Morgan fingerprint density at radius 2 is 2.06 bits per heavy atom. The van der Waals surface area contributed by atoms with Gasteiger partial charge in [-0.1, -0.05) is 38.3 Å². The summed E-state index contributed by atoms with van der Waals surface area (Å²) in [5, 5.41) is 9.56. The van der Waals surface area contributed by atoms with Gasteiger partial charge in [-0.2, -0.15) is 0 Å². The van der Waals surface area contributed by atoms with Crippen molar-refractivity contribution in [3.8, 4) is 0 Å². The van der Waals surface area contributed by atoms with E-state index in [-0.39, 0.29) is 11.7 Å². The molecule has 0 aromatic carbocycles. The third kappa shape index (κ3) is 2.59. The van der Waals surface area contributed by atoms with Gasteiger partial charge in [-0.15, -0.1) is 0 Å². The first-order chi connectivity index (χ1) is 7.51. The minimum atomic E-state index is -0.926. The number of carboxylic acid groups (broad SMARTS) is 1. The van der Waals surface area contributed by atoms with Gasteiger partial charge in [0.25, 0.3) is 0 Å². The molecule has 0 radical (unpaired) electrons. The van der Waals surface area contributed by atoms with Gasteiger partial charge in [0.05, 0.1) is 5.02 Å². The van der Waals surface area contributed by atoms with Crippen molar-refractivity contribution in [3.05, 3.63) is 23.0 Å². The van der Waals surface area contributed by atoms with Gasteiger partial charge in [-0.05, 0) is 18.9 Å². The highest BCUT2D eigenvalue weighted by atomic mass is 35.5. The Hall–Kier alpha value is -0.960. The summed E-state index contributed by atoms with van der Waals surface area (Å²) in [5.74, 6) is -0.453. The molecule has 0 aliphatic rings. The van der Waals surface area contributed by atoms with E-state index in [2.05, 4.69) is 13.8 Å². The number of hydrogen-bond acceptors (Lipinski definition) is 1. The predicted octanol–water partition coefficient (Wildman–Crippen LogP) is 3.84. The maximum Gasteiger partial charge on any atom is 0.352 e. The molecule has 90 valence electrons. The van der Waals surface area contributed by atoms with E-state index in [0.717, 1.165) is 12.8 Å². The van der Waals surface area contributed by atoms with Crippen molar-refractivity contribution in [2.45, 2.75) is 39.7 Å². The monoisotopic (exact) mass is 243 g/mol. The number of carboxylic acids is 1. The molecular formula is C12H18ClNO2. The number of halogens is 1. The molecule has 4 heteroatoms. The Labute approximate surface area is 101 Å². The fraction of sp³-hybridized carbons (Fsp3) is 0.583. The lowest BCUT2D eigenvalue weighted by Gasteiger charge is -2.24. The third-order valence-corrected chi connectivity index (χ3v) is 3.41. The van der Waals surface area contributed by atoms with E-state index in [0.29, 0.717) is 10.9 Å². The van der Waals surface area contributed by atoms with Crippen molar-refractivity contribution in [3.63, 3.8) is 0 Å². The molecule has 1 unspecified atom stereocenters. The molecule has 3 nitrogen and oxygen atoms in total. The van der Waals surface area contributed by atoms with Gasteiger partial charge in [0, 0.05) is 12.2 Å². The average Bonchev–Trinajstić information content (AvgIpc) is 2.62. The van der Waals surface area contributed by atoms with E-state index in [1.54, 1.807) is 10.8 Å².